The lowest BCUT2D eigenvalue weighted by atomic mass is 10.0. The van der Waals surface area contributed by atoms with Crippen molar-refractivity contribution in [1.29, 1.82) is 5.41 Å². The molecule has 0 aliphatic carbocycles. The van der Waals surface area contributed by atoms with Gasteiger partial charge < -0.3 is 24.8 Å². The summed E-state index contributed by atoms with van der Waals surface area (Å²) in [5.74, 6) is 0.948. The highest BCUT2D eigenvalue weighted by Gasteiger charge is 2.20. The number of nitrogens with zero attached hydrogens (tertiary/aromatic N) is 4. The number of benzene rings is 4. The number of imidazole rings is 1. The second-order valence-electron chi connectivity index (χ2n) is 10.8. The van der Waals surface area contributed by atoms with Crippen LogP contribution in [0.3, 0.4) is 0 Å². The molecule has 216 valence electrons. The first-order valence-corrected chi connectivity index (χ1v) is 14.2. The summed E-state index contributed by atoms with van der Waals surface area (Å²) in [6.45, 7) is 1.67. The summed E-state index contributed by atoms with van der Waals surface area (Å²) in [7, 11) is 6.00. The lowest BCUT2D eigenvalue weighted by Crippen LogP contribution is -2.34. The van der Waals surface area contributed by atoms with E-state index in [0.717, 1.165) is 69.4 Å². The molecule has 0 aliphatic rings. The predicted octanol–water partition coefficient (Wildman–Crippen LogP) is 4.91. The molecule has 4 aromatic carbocycles. The number of anilines is 1. The molecule has 5 rings (SSSR count). The van der Waals surface area contributed by atoms with Gasteiger partial charge in [0.25, 0.3) is 5.91 Å². The number of aryl methyl sites for hydroxylation is 3. The molecule has 8 heteroatoms. The van der Waals surface area contributed by atoms with Gasteiger partial charge in [0.2, 0.25) is 0 Å². The second-order valence-corrected chi connectivity index (χ2v) is 10.8. The van der Waals surface area contributed by atoms with Gasteiger partial charge in [0, 0.05) is 31.3 Å². The Hall–Kier alpha value is -4.53. The highest BCUT2D eigenvalue weighted by Crippen LogP contribution is 2.27. The van der Waals surface area contributed by atoms with Gasteiger partial charge in [0.15, 0.2) is 0 Å². The van der Waals surface area contributed by atoms with Crippen molar-refractivity contribution in [2.75, 3.05) is 38.8 Å². The lowest BCUT2D eigenvalue weighted by Gasteiger charge is -2.24. The molecular weight excluding hydrogens is 524 g/mol. The molecule has 1 amide bonds. The average molecular weight is 563 g/mol. The number of amidine groups is 1. The largest absolute Gasteiger partial charge is 0.384 e. The molecule has 0 saturated heterocycles. The van der Waals surface area contributed by atoms with Crippen molar-refractivity contribution in [3.63, 3.8) is 0 Å². The van der Waals surface area contributed by atoms with Crippen molar-refractivity contribution >= 4 is 39.2 Å². The van der Waals surface area contributed by atoms with Gasteiger partial charge in [-0.1, -0.05) is 66.7 Å². The quantitative estimate of drug-likeness (QED) is 0.128. The smallest absolute Gasteiger partial charge is 0.253 e. The first kappa shape index (κ1) is 29.0. The zero-order valence-corrected chi connectivity index (χ0v) is 24.5. The van der Waals surface area contributed by atoms with Gasteiger partial charge >= 0.3 is 0 Å². The number of carbonyl (C=O) groups is 1. The van der Waals surface area contributed by atoms with Crippen LogP contribution in [0.15, 0.2) is 84.9 Å². The molecule has 0 unspecified atom stereocenters. The summed E-state index contributed by atoms with van der Waals surface area (Å²) in [4.78, 5) is 22.4. The minimum atomic E-state index is -0.0915. The molecule has 0 atom stereocenters. The number of fused-ring (bicyclic) bond motifs is 2. The number of ether oxygens (including phenoxy) is 1. The van der Waals surface area contributed by atoms with Crippen LogP contribution in [0.4, 0.5) is 5.69 Å². The standard InChI is InChI=1S/C34H38N6O2/c1-38(2)19-20-42-23-33(41)40(22-27-9-6-8-25-7-4-5-10-29(25)27)28-16-17-31-30(21-28)37-32(39(31)3)18-13-24-11-14-26(15-12-24)34(35)36/h4-12,14-17,21H,13,18-20,22-23H2,1-3H3,(H3,35,36). The molecule has 0 spiro atoms. The number of nitrogens with two attached hydrogens (primary N) is 1. The van der Waals surface area contributed by atoms with Gasteiger partial charge in [-0.2, -0.15) is 0 Å². The molecule has 0 aliphatic heterocycles. The van der Waals surface area contributed by atoms with E-state index in [1.54, 1.807) is 0 Å². The molecule has 42 heavy (non-hydrogen) atoms. The molecule has 3 N–H and O–H groups in total. The molecule has 1 aromatic heterocycles. The predicted molar refractivity (Wildman–Crippen MR) is 170 cm³/mol. The van der Waals surface area contributed by atoms with E-state index in [1.165, 1.54) is 0 Å². The van der Waals surface area contributed by atoms with Crippen LogP contribution in [0.2, 0.25) is 0 Å². The number of hydrogen-bond donors (Lipinski definition) is 2. The van der Waals surface area contributed by atoms with E-state index in [4.69, 9.17) is 20.9 Å². The Bertz CT molecular complexity index is 1700. The summed E-state index contributed by atoms with van der Waals surface area (Å²) in [5.41, 5.74) is 11.2. The number of hydrogen-bond acceptors (Lipinski definition) is 5. The van der Waals surface area contributed by atoms with Crippen molar-refractivity contribution < 1.29 is 9.53 Å². The van der Waals surface area contributed by atoms with E-state index in [2.05, 4.69) is 28.8 Å². The molecule has 0 saturated carbocycles. The summed E-state index contributed by atoms with van der Waals surface area (Å²) in [5, 5.41) is 9.87. The van der Waals surface area contributed by atoms with Crippen molar-refractivity contribution in [1.82, 2.24) is 14.5 Å². The molecule has 0 radical (unpaired) electrons. The Balaban J connectivity index is 1.40. The summed E-state index contributed by atoms with van der Waals surface area (Å²) < 4.78 is 7.88. The minimum Gasteiger partial charge on any atom is -0.384 e. The van der Waals surface area contributed by atoms with Crippen LogP contribution in [0, 0.1) is 5.41 Å². The maximum atomic E-state index is 13.6. The van der Waals surface area contributed by atoms with Gasteiger partial charge in [-0.05, 0) is 60.6 Å². The topological polar surface area (TPSA) is 100 Å². The SMILES string of the molecule is CN(C)CCOCC(=O)N(Cc1cccc2ccccc12)c1ccc2c(c1)nc(CCc1ccc(C(=N)N)cc1)n2C. The molecule has 5 aromatic rings. The fraction of sp³-hybridized carbons (Fsp3) is 0.265. The number of nitrogens with one attached hydrogen (secondary N) is 1. The highest BCUT2D eigenvalue weighted by molar-refractivity contribution is 5.97. The van der Waals surface area contributed by atoms with Gasteiger partial charge in [0.1, 0.15) is 18.3 Å². The number of nitrogen functional groups attached to an aromatic ring is 1. The Morgan fingerprint density at radius 1 is 0.976 bits per heavy atom. The number of aromatic nitrogens is 2. The van der Waals surface area contributed by atoms with E-state index < -0.39 is 0 Å². The van der Waals surface area contributed by atoms with Crippen LogP contribution < -0.4 is 10.6 Å². The summed E-state index contributed by atoms with van der Waals surface area (Å²) in [6.07, 6.45) is 1.58. The first-order chi connectivity index (χ1) is 20.3. The van der Waals surface area contributed by atoms with Crippen LogP contribution in [0.25, 0.3) is 21.8 Å². The molecule has 0 fully saturated rings. The molecular formula is C34H38N6O2. The van der Waals surface area contributed by atoms with Crippen LogP contribution in [-0.4, -0.2) is 60.0 Å². The van der Waals surface area contributed by atoms with Gasteiger partial charge in [0.05, 0.1) is 24.2 Å². The van der Waals surface area contributed by atoms with E-state index in [1.807, 2.05) is 91.6 Å². The molecule has 0 bridgehead atoms. The monoisotopic (exact) mass is 562 g/mol. The fourth-order valence-corrected chi connectivity index (χ4v) is 5.15. The Kier molecular flexibility index (Phi) is 8.95. The zero-order chi connectivity index (χ0) is 29.6. The Labute approximate surface area is 246 Å². The molecule has 1 heterocycles. The van der Waals surface area contributed by atoms with Crippen molar-refractivity contribution in [2.45, 2.75) is 19.4 Å². The van der Waals surface area contributed by atoms with E-state index >= 15 is 0 Å². The highest BCUT2D eigenvalue weighted by atomic mass is 16.5. The van der Waals surface area contributed by atoms with Crippen LogP contribution >= 0.6 is 0 Å². The number of rotatable bonds is 12. The maximum Gasteiger partial charge on any atom is 0.253 e. The van der Waals surface area contributed by atoms with Crippen LogP contribution in [0.5, 0.6) is 0 Å². The van der Waals surface area contributed by atoms with E-state index in [0.29, 0.717) is 13.2 Å². The fourth-order valence-electron chi connectivity index (χ4n) is 5.15. The average Bonchev–Trinajstić information content (AvgIpc) is 3.31. The third kappa shape index (κ3) is 6.67. The van der Waals surface area contributed by atoms with Crippen molar-refractivity contribution in [3.8, 4) is 0 Å². The number of carbonyl (C=O) groups excluding carboxylic acids is 1. The van der Waals surface area contributed by atoms with Gasteiger partial charge in [-0.3, -0.25) is 10.2 Å². The van der Waals surface area contributed by atoms with Crippen LogP contribution in [-0.2, 0) is 36.0 Å². The summed E-state index contributed by atoms with van der Waals surface area (Å²) >= 11 is 0. The molecule has 8 nitrogen and oxygen atoms in total. The third-order valence-corrected chi connectivity index (χ3v) is 7.59. The van der Waals surface area contributed by atoms with E-state index in [9.17, 15) is 4.79 Å². The zero-order valence-electron chi connectivity index (χ0n) is 24.5. The first-order valence-electron chi connectivity index (χ1n) is 14.2. The second kappa shape index (κ2) is 13.0. The maximum absolute atomic E-state index is 13.6. The van der Waals surface area contributed by atoms with E-state index in [-0.39, 0.29) is 18.3 Å². The Morgan fingerprint density at radius 2 is 1.74 bits per heavy atom. The van der Waals surface area contributed by atoms with Gasteiger partial charge in [-0.15, -0.1) is 0 Å². The van der Waals surface area contributed by atoms with Crippen LogP contribution in [0.1, 0.15) is 22.5 Å². The van der Waals surface area contributed by atoms with Crippen molar-refractivity contribution in [3.05, 3.63) is 107 Å². The Morgan fingerprint density at radius 3 is 2.50 bits per heavy atom. The van der Waals surface area contributed by atoms with Crippen molar-refractivity contribution in [2.24, 2.45) is 12.8 Å². The van der Waals surface area contributed by atoms with Gasteiger partial charge in [-0.25, -0.2) is 4.98 Å². The third-order valence-electron chi connectivity index (χ3n) is 7.59. The minimum absolute atomic E-state index is 0.00648. The lowest BCUT2D eigenvalue weighted by molar-refractivity contribution is -0.123. The summed E-state index contributed by atoms with van der Waals surface area (Å²) in [6, 6.07) is 28.3. The normalized spacial score (nSPS) is 11.4. The number of amides is 1. The number of likely N-dealkylation sites (N-methyl/N-ethyl adjacent to an activating group) is 1.